The summed E-state index contributed by atoms with van der Waals surface area (Å²) >= 11 is 0. The van der Waals surface area contributed by atoms with Crippen molar-refractivity contribution in [2.45, 2.75) is 52.5 Å². The van der Waals surface area contributed by atoms with Crippen molar-refractivity contribution >= 4 is 5.91 Å². The summed E-state index contributed by atoms with van der Waals surface area (Å²) in [6.07, 6.45) is 0.903. The molecule has 0 aliphatic rings. The van der Waals surface area contributed by atoms with Gasteiger partial charge in [0.05, 0.1) is 0 Å². The Bertz CT molecular complexity index is 400. The van der Waals surface area contributed by atoms with Gasteiger partial charge in [-0.2, -0.15) is 0 Å². The molecule has 2 heteroatoms. The molecule has 0 spiro atoms. The molecule has 0 heterocycles. The van der Waals surface area contributed by atoms with E-state index in [-0.39, 0.29) is 17.4 Å². The van der Waals surface area contributed by atoms with Gasteiger partial charge in [-0.3, -0.25) is 4.79 Å². The highest BCUT2D eigenvalue weighted by Crippen LogP contribution is 2.22. The van der Waals surface area contributed by atoms with E-state index in [9.17, 15) is 4.79 Å². The summed E-state index contributed by atoms with van der Waals surface area (Å²) in [7, 11) is 1.86. The molecule has 1 amide bonds. The third-order valence-corrected chi connectivity index (χ3v) is 3.51. The number of benzene rings is 1. The first kappa shape index (κ1) is 14.7. The quantitative estimate of drug-likeness (QED) is 0.801. The molecule has 100 valence electrons. The molecule has 0 saturated heterocycles. The van der Waals surface area contributed by atoms with E-state index < -0.39 is 0 Å². The van der Waals surface area contributed by atoms with E-state index in [0.29, 0.717) is 0 Å². The van der Waals surface area contributed by atoms with Crippen LogP contribution in [0.25, 0.3) is 0 Å². The van der Waals surface area contributed by atoms with Gasteiger partial charge in [-0.1, -0.05) is 45.0 Å². The second-order valence-corrected chi connectivity index (χ2v) is 6.13. The molecule has 18 heavy (non-hydrogen) atoms. The maximum Gasteiger partial charge on any atom is 0.219 e. The number of likely N-dealkylation sites (N-methyl/N-ethyl adjacent to an activating group) is 1. The molecular formula is C16H25NO. The second kappa shape index (κ2) is 5.55. The Balaban J connectivity index is 2.73. The molecule has 1 aromatic carbocycles. The van der Waals surface area contributed by atoms with E-state index in [0.717, 1.165) is 6.42 Å². The SMILES string of the molecule is CC(=O)N(C)C(C)Cc1ccc(C(C)(C)C)cc1. The van der Waals surface area contributed by atoms with Crippen molar-refractivity contribution in [3.63, 3.8) is 0 Å². The Hall–Kier alpha value is -1.31. The highest BCUT2D eigenvalue weighted by molar-refractivity contribution is 5.73. The van der Waals surface area contributed by atoms with Crippen LogP contribution in [0.1, 0.15) is 45.7 Å². The lowest BCUT2D eigenvalue weighted by Crippen LogP contribution is -2.34. The maximum absolute atomic E-state index is 11.3. The van der Waals surface area contributed by atoms with Crippen molar-refractivity contribution in [3.05, 3.63) is 35.4 Å². The van der Waals surface area contributed by atoms with Crippen LogP contribution >= 0.6 is 0 Å². The van der Waals surface area contributed by atoms with Gasteiger partial charge in [0.15, 0.2) is 0 Å². The highest BCUT2D eigenvalue weighted by Gasteiger charge is 2.15. The summed E-state index contributed by atoms with van der Waals surface area (Å²) in [4.78, 5) is 13.1. The molecule has 2 nitrogen and oxygen atoms in total. The van der Waals surface area contributed by atoms with Crippen LogP contribution in [0.4, 0.5) is 0 Å². The fourth-order valence-corrected chi connectivity index (χ4v) is 1.93. The number of amides is 1. The minimum atomic E-state index is 0.119. The molecule has 0 saturated carbocycles. The summed E-state index contributed by atoms with van der Waals surface area (Å²) in [5.74, 6) is 0.119. The fourth-order valence-electron chi connectivity index (χ4n) is 1.93. The van der Waals surface area contributed by atoms with Crippen LogP contribution in [-0.2, 0) is 16.6 Å². The molecule has 0 bridgehead atoms. The Labute approximate surface area is 111 Å². The van der Waals surface area contributed by atoms with Crippen molar-refractivity contribution in [1.29, 1.82) is 0 Å². The lowest BCUT2D eigenvalue weighted by Gasteiger charge is -2.24. The first-order valence-electron chi connectivity index (χ1n) is 6.54. The topological polar surface area (TPSA) is 20.3 Å². The molecule has 0 aliphatic carbocycles. The van der Waals surface area contributed by atoms with Crippen molar-refractivity contribution in [3.8, 4) is 0 Å². The monoisotopic (exact) mass is 247 g/mol. The Morgan fingerprint density at radius 3 is 2.11 bits per heavy atom. The van der Waals surface area contributed by atoms with Crippen LogP contribution in [0, 0.1) is 0 Å². The molecule has 0 fully saturated rings. The summed E-state index contributed by atoms with van der Waals surface area (Å²) < 4.78 is 0. The normalized spacial score (nSPS) is 13.2. The first-order chi connectivity index (χ1) is 8.21. The van der Waals surface area contributed by atoms with Gasteiger partial charge >= 0.3 is 0 Å². The number of nitrogens with zero attached hydrogens (tertiary/aromatic N) is 1. The number of hydrogen-bond acceptors (Lipinski definition) is 1. The maximum atomic E-state index is 11.3. The van der Waals surface area contributed by atoms with E-state index in [2.05, 4.69) is 52.0 Å². The van der Waals surface area contributed by atoms with Crippen molar-refractivity contribution < 1.29 is 4.79 Å². The number of carbonyl (C=O) groups excluding carboxylic acids is 1. The zero-order valence-corrected chi connectivity index (χ0v) is 12.4. The molecule has 1 aromatic rings. The van der Waals surface area contributed by atoms with Crippen molar-refractivity contribution in [2.24, 2.45) is 0 Å². The largest absolute Gasteiger partial charge is 0.343 e. The molecule has 1 atom stereocenters. The summed E-state index contributed by atoms with van der Waals surface area (Å²) in [5.41, 5.74) is 2.82. The van der Waals surface area contributed by atoms with Gasteiger partial charge in [0.2, 0.25) is 5.91 Å². The standard InChI is InChI=1S/C16H25NO/c1-12(17(6)13(2)18)11-14-7-9-15(10-8-14)16(3,4)5/h7-10,12H,11H2,1-6H3. The van der Waals surface area contributed by atoms with Crippen LogP contribution in [0.15, 0.2) is 24.3 Å². The second-order valence-electron chi connectivity index (χ2n) is 6.13. The van der Waals surface area contributed by atoms with E-state index in [1.54, 1.807) is 11.8 Å². The van der Waals surface area contributed by atoms with Gasteiger partial charge < -0.3 is 4.90 Å². The smallest absolute Gasteiger partial charge is 0.219 e. The summed E-state index contributed by atoms with van der Waals surface area (Å²) in [5, 5.41) is 0. The summed E-state index contributed by atoms with van der Waals surface area (Å²) in [6.45, 7) is 10.3. The Morgan fingerprint density at radius 2 is 1.72 bits per heavy atom. The van der Waals surface area contributed by atoms with Crippen LogP contribution < -0.4 is 0 Å². The predicted octanol–water partition coefficient (Wildman–Crippen LogP) is 3.39. The van der Waals surface area contributed by atoms with Gasteiger partial charge in [-0.15, -0.1) is 0 Å². The van der Waals surface area contributed by atoms with Crippen LogP contribution in [0.2, 0.25) is 0 Å². The third-order valence-electron chi connectivity index (χ3n) is 3.51. The molecule has 0 N–H and O–H groups in total. The van der Waals surface area contributed by atoms with E-state index in [4.69, 9.17) is 0 Å². The molecule has 0 radical (unpaired) electrons. The molecule has 0 aliphatic heterocycles. The molecule has 1 unspecified atom stereocenters. The van der Waals surface area contributed by atoms with Gasteiger partial charge in [0.25, 0.3) is 0 Å². The van der Waals surface area contributed by atoms with Gasteiger partial charge in [-0.05, 0) is 29.9 Å². The minimum absolute atomic E-state index is 0.119. The lowest BCUT2D eigenvalue weighted by atomic mass is 9.86. The van der Waals surface area contributed by atoms with Gasteiger partial charge in [-0.25, -0.2) is 0 Å². The van der Waals surface area contributed by atoms with E-state index >= 15 is 0 Å². The Kier molecular flexibility index (Phi) is 4.55. The van der Waals surface area contributed by atoms with Gasteiger partial charge in [0, 0.05) is 20.0 Å². The predicted molar refractivity (Wildman–Crippen MR) is 76.8 cm³/mol. The number of rotatable bonds is 3. The van der Waals surface area contributed by atoms with E-state index in [1.807, 2.05) is 7.05 Å². The molecule has 0 aromatic heterocycles. The average molecular weight is 247 g/mol. The average Bonchev–Trinajstić information content (AvgIpc) is 2.27. The van der Waals surface area contributed by atoms with E-state index in [1.165, 1.54) is 11.1 Å². The third kappa shape index (κ3) is 3.86. The minimum Gasteiger partial charge on any atom is -0.343 e. The number of carbonyl (C=O) groups is 1. The van der Waals surface area contributed by atoms with Crippen molar-refractivity contribution in [2.75, 3.05) is 7.05 Å². The molecule has 1 rings (SSSR count). The first-order valence-corrected chi connectivity index (χ1v) is 6.54. The number of hydrogen-bond donors (Lipinski definition) is 0. The lowest BCUT2D eigenvalue weighted by molar-refractivity contribution is -0.129. The van der Waals surface area contributed by atoms with Crippen LogP contribution in [-0.4, -0.2) is 23.9 Å². The zero-order chi connectivity index (χ0) is 13.9. The van der Waals surface area contributed by atoms with Crippen molar-refractivity contribution in [1.82, 2.24) is 4.90 Å². The Morgan fingerprint density at radius 1 is 1.22 bits per heavy atom. The van der Waals surface area contributed by atoms with Gasteiger partial charge in [0.1, 0.15) is 0 Å². The van der Waals surface area contributed by atoms with Crippen LogP contribution in [0.5, 0.6) is 0 Å². The highest BCUT2D eigenvalue weighted by atomic mass is 16.2. The summed E-state index contributed by atoms with van der Waals surface area (Å²) in [6, 6.07) is 8.96. The zero-order valence-electron chi connectivity index (χ0n) is 12.4. The fraction of sp³-hybridized carbons (Fsp3) is 0.562. The van der Waals surface area contributed by atoms with Crippen LogP contribution in [0.3, 0.4) is 0 Å². The molecular weight excluding hydrogens is 222 g/mol.